The molecule has 2 heterocycles. The van der Waals surface area contributed by atoms with Crippen molar-refractivity contribution < 1.29 is 14.1 Å². The van der Waals surface area contributed by atoms with Crippen LogP contribution in [0.4, 0.5) is 5.69 Å². The summed E-state index contributed by atoms with van der Waals surface area (Å²) in [7, 11) is 0. The Hall–Kier alpha value is -4.03. The molecule has 4 aromatic rings. The molecule has 35 heavy (non-hydrogen) atoms. The Morgan fingerprint density at radius 1 is 1.11 bits per heavy atom. The fourth-order valence-electron chi connectivity index (χ4n) is 3.20. The van der Waals surface area contributed by atoms with Crippen LogP contribution >= 0.6 is 24.0 Å². The molecule has 1 amide bonds. The number of carbonyl (C=O) groups is 1. The van der Waals surface area contributed by atoms with E-state index in [-0.39, 0.29) is 27.9 Å². The van der Waals surface area contributed by atoms with Crippen molar-refractivity contribution in [2.75, 3.05) is 5.43 Å². The Kier molecular flexibility index (Phi) is 7.53. The number of thiocarbonyl (C=S) groups is 1. The summed E-state index contributed by atoms with van der Waals surface area (Å²) in [5, 5.41) is 22.9. The summed E-state index contributed by atoms with van der Waals surface area (Å²) in [6.45, 7) is 1.93. The second-order valence-corrected chi connectivity index (χ2v) is 8.55. The largest absolute Gasteiger partial charge is 0.451 e. The SMILES string of the molecule is CCc1nnc(SCc2ccccc2)n1NC(=S)NC(=O)c1ccc(-c2ccccc2[N+](=O)[O-])o1. The van der Waals surface area contributed by atoms with Gasteiger partial charge < -0.3 is 4.42 Å². The quantitative estimate of drug-likeness (QED) is 0.152. The molecule has 0 saturated carbocycles. The van der Waals surface area contributed by atoms with Crippen LogP contribution in [0.5, 0.6) is 0 Å². The van der Waals surface area contributed by atoms with Gasteiger partial charge in [-0.05, 0) is 36.0 Å². The van der Waals surface area contributed by atoms with E-state index in [1.54, 1.807) is 22.9 Å². The summed E-state index contributed by atoms with van der Waals surface area (Å²) in [5.41, 5.74) is 4.23. The van der Waals surface area contributed by atoms with Gasteiger partial charge in [0, 0.05) is 18.2 Å². The van der Waals surface area contributed by atoms with Crippen molar-refractivity contribution in [2.24, 2.45) is 0 Å². The lowest BCUT2D eigenvalue weighted by Gasteiger charge is -2.13. The van der Waals surface area contributed by atoms with Crippen molar-refractivity contribution >= 4 is 40.7 Å². The van der Waals surface area contributed by atoms with E-state index in [2.05, 4.69) is 20.9 Å². The van der Waals surface area contributed by atoms with E-state index in [0.29, 0.717) is 23.2 Å². The van der Waals surface area contributed by atoms with Crippen LogP contribution in [0.3, 0.4) is 0 Å². The second kappa shape index (κ2) is 10.9. The van der Waals surface area contributed by atoms with Crippen LogP contribution in [0.1, 0.15) is 28.9 Å². The van der Waals surface area contributed by atoms with Crippen molar-refractivity contribution in [2.45, 2.75) is 24.3 Å². The number of rotatable bonds is 8. The molecule has 0 aliphatic rings. The summed E-state index contributed by atoms with van der Waals surface area (Å²) in [6.07, 6.45) is 0.597. The third kappa shape index (κ3) is 5.73. The molecular formula is C23H20N6O4S2. The second-order valence-electron chi connectivity index (χ2n) is 7.20. The van der Waals surface area contributed by atoms with Gasteiger partial charge in [0.1, 0.15) is 5.76 Å². The summed E-state index contributed by atoms with van der Waals surface area (Å²) in [4.78, 5) is 23.5. The van der Waals surface area contributed by atoms with Crippen molar-refractivity contribution in [3.05, 3.63) is 94.0 Å². The van der Waals surface area contributed by atoms with Crippen LogP contribution in [0, 0.1) is 10.1 Å². The first kappa shape index (κ1) is 24.1. The monoisotopic (exact) mass is 508 g/mol. The number of thioether (sulfide) groups is 1. The highest BCUT2D eigenvalue weighted by molar-refractivity contribution is 7.98. The van der Waals surface area contributed by atoms with E-state index < -0.39 is 10.8 Å². The Labute approximate surface area is 209 Å². The molecule has 10 nitrogen and oxygen atoms in total. The topological polar surface area (TPSA) is 128 Å². The van der Waals surface area contributed by atoms with E-state index >= 15 is 0 Å². The number of carbonyl (C=O) groups excluding carboxylic acids is 1. The van der Waals surface area contributed by atoms with Crippen LogP contribution < -0.4 is 10.7 Å². The van der Waals surface area contributed by atoms with Crippen LogP contribution in [-0.2, 0) is 12.2 Å². The minimum atomic E-state index is -0.600. The molecule has 0 bridgehead atoms. The van der Waals surface area contributed by atoms with Crippen LogP contribution in [0.15, 0.2) is 76.3 Å². The Morgan fingerprint density at radius 2 is 1.86 bits per heavy atom. The minimum absolute atomic E-state index is 0.0229. The summed E-state index contributed by atoms with van der Waals surface area (Å²) in [5.74, 6) is 0.892. The molecule has 2 aromatic carbocycles. The first-order valence-corrected chi connectivity index (χ1v) is 11.9. The average Bonchev–Trinajstić information content (AvgIpc) is 3.51. The van der Waals surface area contributed by atoms with E-state index in [0.717, 1.165) is 5.56 Å². The lowest BCUT2D eigenvalue weighted by Crippen LogP contribution is -2.38. The molecule has 0 saturated heterocycles. The number of nitrogens with zero attached hydrogens (tertiary/aromatic N) is 4. The van der Waals surface area contributed by atoms with E-state index in [1.807, 2.05) is 37.3 Å². The molecule has 0 spiro atoms. The number of nitro benzene ring substituents is 1. The maximum absolute atomic E-state index is 12.7. The zero-order valence-electron chi connectivity index (χ0n) is 18.5. The maximum atomic E-state index is 12.7. The van der Waals surface area contributed by atoms with Gasteiger partial charge in [-0.25, -0.2) is 4.68 Å². The lowest BCUT2D eigenvalue weighted by molar-refractivity contribution is -0.384. The molecule has 0 aliphatic carbocycles. The molecule has 4 rings (SSSR count). The maximum Gasteiger partial charge on any atom is 0.293 e. The van der Waals surface area contributed by atoms with Gasteiger partial charge in [0.2, 0.25) is 5.16 Å². The van der Waals surface area contributed by atoms with Crippen LogP contribution in [0.25, 0.3) is 11.3 Å². The van der Waals surface area contributed by atoms with Gasteiger partial charge >= 0.3 is 0 Å². The van der Waals surface area contributed by atoms with Crippen molar-refractivity contribution in [1.82, 2.24) is 20.2 Å². The van der Waals surface area contributed by atoms with E-state index in [1.165, 1.54) is 30.0 Å². The molecule has 178 valence electrons. The third-order valence-electron chi connectivity index (χ3n) is 4.86. The Morgan fingerprint density at radius 3 is 2.60 bits per heavy atom. The molecule has 0 atom stereocenters. The lowest BCUT2D eigenvalue weighted by atomic mass is 10.1. The molecule has 0 aliphatic heterocycles. The molecule has 2 N–H and O–H groups in total. The fourth-order valence-corrected chi connectivity index (χ4v) is 4.25. The van der Waals surface area contributed by atoms with Crippen molar-refractivity contribution in [1.29, 1.82) is 0 Å². The molecular weight excluding hydrogens is 488 g/mol. The van der Waals surface area contributed by atoms with Gasteiger partial charge in [-0.15, -0.1) is 10.2 Å². The standard InChI is InChI=1S/C23H20N6O4S2/c1-2-20-25-26-23(35-14-15-8-4-3-5-9-15)28(20)27-22(34)24-21(30)19-13-12-18(33-19)16-10-6-7-11-17(16)29(31)32/h3-13H,2,14H2,1H3,(H2,24,27,30,34). The minimum Gasteiger partial charge on any atom is -0.451 e. The first-order valence-electron chi connectivity index (χ1n) is 10.5. The number of nitrogens with one attached hydrogen (secondary N) is 2. The fraction of sp³-hybridized carbons (Fsp3) is 0.130. The highest BCUT2D eigenvalue weighted by Crippen LogP contribution is 2.30. The van der Waals surface area contributed by atoms with Gasteiger partial charge in [0.25, 0.3) is 11.6 Å². The number of aryl methyl sites for hydroxylation is 1. The van der Waals surface area contributed by atoms with Gasteiger partial charge in [0.05, 0.1) is 10.5 Å². The predicted octanol–water partition coefficient (Wildman–Crippen LogP) is 4.56. The summed E-state index contributed by atoms with van der Waals surface area (Å²) < 4.78 is 7.21. The highest BCUT2D eigenvalue weighted by atomic mass is 32.2. The van der Waals surface area contributed by atoms with E-state index in [9.17, 15) is 14.9 Å². The van der Waals surface area contributed by atoms with E-state index in [4.69, 9.17) is 16.6 Å². The van der Waals surface area contributed by atoms with Crippen molar-refractivity contribution in [3.8, 4) is 11.3 Å². The van der Waals surface area contributed by atoms with Gasteiger partial charge in [-0.2, -0.15) is 0 Å². The van der Waals surface area contributed by atoms with Gasteiger partial charge in [-0.1, -0.05) is 61.2 Å². The molecule has 0 radical (unpaired) electrons. The van der Waals surface area contributed by atoms with Crippen LogP contribution in [0.2, 0.25) is 0 Å². The smallest absolute Gasteiger partial charge is 0.293 e. The number of amides is 1. The Bertz CT molecular complexity index is 1370. The number of aromatic nitrogens is 3. The third-order valence-corrected chi connectivity index (χ3v) is 6.06. The van der Waals surface area contributed by atoms with Gasteiger partial charge in [-0.3, -0.25) is 25.7 Å². The number of furan rings is 1. The van der Waals surface area contributed by atoms with Gasteiger partial charge in [0.15, 0.2) is 16.7 Å². The predicted molar refractivity (Wildman–Crippen MR) is 136 cm³/mol. The Balaban J connectivity index is 1.44. The molecule has 0 fully saturated rings. The van der Waals surface area contributed by atoms with Crippen LogP contribution in [-0.4, -0.2) is 30.8 Å². The number of para-hydroxylation sites is 1. The summed E-state index contributed by atoms with van der Waals surface area (Å²) in [6, 6.07) is 19.0. The number of hydrogen-bond donors (Lipinski definition) is 2. The first-order chi connectivity index (χ1) is 17.0. The zero-order chi connectivity index (χ0) is 24.8. The molecule has 0 unspecified atom stereocenters. The highest BCUT2D eigenvalue weighted by Gasteiger charge is 2.20. The van der Waals surface area contributed by atoms with Crippen molar-refractivity contribution in [3.63, 3.8) is 0 Å². The average molecular weight is 509 g/mol. The normalized spacial score (nSPS) is 10.7. The molecule has 2 aromatic heterocycles. The summed E-state index contributed by atoms with van der Waals surface area (Å²) >= 11 is 6.80. The molecule has 12 heteroatoms. The number of hydrogen-bond acceptors (Lipinski definition) is 8. The number of nitro groups is 1. The zero-order valence-corrected chi connectivity index (χ0v) is 20.1. The number of benzene rings is 2.